The molecule has 6 aliphatic heterocycles. The van der Waals surface area contributed by atoms with Crippen LogP contribution >= 0.6 is 34.8 Å². The third kappa shape index (κ3) is 11.1. The van der Waals surface area contributed by atoms with E-state index in [9.17, 15) is 0 Å². The van der Waals surface area contributed by atoms with Crippen molar-refractivity contribution in [2.75, 3.05) is 54.8 Å². The zero-order valence-corrected chi connectivity index (χ0v) is 33.8. The Morgan fingerprint density at radius 2 is 1.00 bits per heavy atom. The highest BCUT2D eigenvalue weighted by molar-refractivity contribution is 6.31. The fraction of sp³-hybridized carbons (Fsp3) is 0.538. The number of fused-ring (bicyclic) bond motifs is 6. The fourth-order valence-electron chi connectivity index (χ4n) is 7.74. The van der Waals surface area contributed by atoms with Gasteiger partial charge < -0.3 is 35.1 Å². The molecule has 6 unspecified atom stereocenters. The first-order chi connectivity index (χ1) is 26.5. The maximum Gasteiger partial charge on any atom is 0.224 e. The van der Waals surface area contributed by atoms with Crippen LogP contribution in [0.5, 0.6) is 0 Å². The lowest BCUT2D eigenvalue weighted by molar-refractivity contribution is 0.0184. The van der Waals surface area contributed by atoms with Crippen molar-refractivity contribution in [3.05, 3.63) is 75.3 Å². The van der Waals surface area contributed by atoms with Gasteiger partial charge in [0, 0.05) is 79.7 Å². The van der Waals surface area contributed by atoms with Crippen molar-refractivity contribution >= 4 is 52.1 Å². The van der Waals surface area contributed by atoms with Gasteiger partial charge in [0.25, 0.3) is 0 Å². The van der Waals surface area contributed by atoms with Gasteiger partial charge in [-0.25, -0.2) is 29.9 Å². The molecule has 6 fully saturated rings. The number of nitrogens with zero attached hydrogens (tertiary/aromatic N) is 8. The molecule has 6 saturated heterocycles. The molecule has 4 aromatic rings. The summed E-state index contributed by atoms with van der Waals surface area (Å²) in [5, 5.41) is 4.23. The van der Waals surface area contributed by atoms with E-state index < -0.39 is 0 Å². The number of halogens is 3. The standard InChI is InChI=1S/C17H20N4O.C11H14ClN3O.C6H11NO.C5H4Cl2N2/c1-11-8-16(21-9-14-6-7-15(10-21)22-14)20-17(19-11)12-2-4-13(18)5-3-12;1-7-4-10(14-11(12)13-7)15-5-8-2-3-9(6-15)16-8;1-2-6-4-7-3-5(1)8-6;1-3-2-4(6)9-5(7)8-3/h2-5,8,14-15H,6-7,9-10,18H2,1H3;4,8-9H,2-3,5-6H2,1H3;5-7H,1-4H2;2H,1H3. The van der Waals surface area contributed by atoms with Crippen LogP contribution in [0, 0.1) is 20.8 Å². The summed E-state index contributed by atoms with van der Waals surface area (Å²) in [5.41, 5.74) is 10.2. The third-order valence-corrected chi connectivity index (χ3v) is 10.8. The van der Waals surface area contributed by atoms with Gasteiger partial charge in [-0.05, 0) is 113 Å². The van der Waals surface area contributed by atoms with Gasteiger partial charge in [-0.2, -0.15) is 0 Å². The van der Waals surface area contributed by atoms with Crippen LogP contribution in [0.1, 0.15) is 55.6 Å². The van der Waals surface area contributed by atoms with Crippen molar-refractivity contribution < 1.29 is 14.2 Å². The van der Waals surface area contributed by atoms with E-state index in [1.54, 1.807) is 13.0 Å². The third-order valence-electron chi connectivity index (χ3n) is 10.3. The van der Waals surface area contributed by atoms with Gasteiger partial charge in [0.05, 0.1) is 36.6 Å². The number of nitrogens with two attached hydrogens (primary N) is 1. The largest absolute Gasteiger partial charge is 0.399 e. The lowest BCUT2D eigenvalue weighted by Gasteiger charge is -2.33. The normalized spacial score (nSPS) is 25.9. The van der Waals surface area contributed by atoms with Crippen molar-refractivity contribution in [2.45, 2.75) is 95.9 Å². The first kappa shape index (κ1) is 39.8. The number of ether oxygens (including phenoxy) is 3. The van der Waals surface area contributed by atoms with Crippen LogP contribution in [0.15, 0.2) is 42.5 Å². The summed E-state index contributed by atoms with van der Waals surface area (Å²) in [6, 6.07) is 13.4. The van der Waals surface area contributed by atoms with Crippen LogP contribution in [0.3, 0.4) is 0 Å². The Kier molecular flexibility index (Phi) is 13.2. The van der Waals surface area contributed by atoms with Crippen LogP contribution in [-0.2, 0) is 14.2 Å². The second-order valence-electron chi connectivity index (χ2n) is 14.9. The highest BCUT2D eigenvalue weighted by Crippen LogP contribution is 2.31. The Morgan fingerprint density at radius 1 is 0.564 bits per heavy atom. The van der Waals surface area contributed by atoms with Gasteiger partial charge in [0.15, 0.2) is 5.82 Å². The van der Waals surface area contributed by atoms with E-state index >= 15 is 0 Å². The van der Waals surface area contributed by atoms with Crippen molar-refractivity contribution in [1.82, 2.24) is 35.2 Å². The number of hydrogen-bond acceptors (Lipinski definition) is 13. The summed E-state index contributed by atoms with van der Waals surface area (Å²) >= 11 is 16.8. The highest BCUT2D eigenvalue weighted by Gasteiger charge is 2.35. The molecule has 55 heavy (non-hydrogen) atoms. The molecular formula is C39H49Cl3N10O3. The maximum absolute atomic E-state index is 5.91. The van der Waals surface area contributed by atoms with Crippen LogP contribution in [0.4, 0.5) is 17.3 Å². The highest BCUT2D eigenvalue weighted by atomic mass is 35.5. The molecule has 1 aromatic carbocycles. The number of nitrogens with one attached hydrogen (secondary N) is 1. The van der Waals surface area contributed by atoms with Gasteiger partial charge >= 0.3 is 0 Å². The van der Waals surface area contributed by atoms with Crippen LogP contribution in [-0.4, -0.2) is 106 Å². The van der Waals surface area contributed by atoms with E-state index in [0.717, 1.165) is 97.9 Å². The van der Waals surface area contributed by atoms with Crippen molar-refractivity contribution in [3.8, 4) is 11.4 Å². The zero-order chi connectivity index (χ0) is 38.5. The average molecular weight is 812 g/mol. The number of aromatic nitrogens is 6. The van der Waals surface area contributed by atoms with E-state index in [1.165, 1.54) is 25.7 Å². The monoisotopic (exact) mass is 810 g/mol. The molecule has 0 amide bonds. The molecule has 294 valence electrons. The summed E-state index contributed by atoms with van der Waals surface area (Å²) in [7, 11) is 0. The second-order valence-corrected chi connectivity index (χ2v) is 16.0. The van der Waals surface area contributed by atoms with E-state index in [0.29, 0.717) is 47.1 Å². The number of nitrogen functional groups attached to an aromatic ring is 1. The molecule has 6 bridgehead atoms. The number of anilines is 3. The van der Waals surface area contributed by atoms with Gasteiger partial charge in [0.2, 0.25) is 10.6 Å². The molecule has 0 aliphatic carbocycles. The minimum Gasteiger partial charge on any atom is -0.399 e. The zero-order valence-electron chi connectivity index (χ0n) is 31.5. The van der Waals surface area contributed by atoms with Crippen molar-refractivity contribution in [3.63, 3.8) is 0 Å². The predicted molar refractivity (Wildman–Crippen MR) is 216 cm³/mol. The van der Waals surface area contributed by atoms with Crippen LogP contribution < -0.4 is 20.9 Å². The van der Waals surface area contributed by atoms with Gasteiger partial charge in [0.1, 0.15) is 16.8 Å². The Hall–Kier alpha value is -3.43. The average Bonchev–Trinajstić information content (AvgIpc) is 3.79. The van der Waals surface area contributed by atoms with Gasteiger partial charge in [-0.3, -0.25) is 0 Å². The SMILES string of the molecule is C1CC2CNCC1O2.Cc1cc(Cl)nc(Cl)n1.Cc1cc(N2CC3CCC(C2)O3)nc(-c2ccc(N)cc2)n1.Cc1cc(N2CC3CCC(C2)O3)nc(Cl)n1. The Morgan fingerprint density at radius 3 is 1.47 bits per heavy atom. The topological polar surface area (TPSA) is 150 Å². The molecule has 0 saturated carbocycles. The minimum atomic E-state index is 0.194. The number of aryl methyl sites for hydroxylation is 3. The lowest BCUT2D eigenvalue weighted by Crippen LogP contribution is -2.43. The van der Waals surface area contributed by atoms with Gasteiger partial charge in [-0.1, -0.05) is 11.6 Å². The van der Waals surface area contributed by atoms with Crippen molar-refractivity contribution in [2.24, 2.45) is 0 Å². The number of morpholine rings is 3. The molecule has 16 heteroatoms. The first-order valence-electron chi connectivity index (χ1n) is 19.1. The first-order valence-corrected chi connectivity index (χ1v) is 20.2. The molecule has 13 nitrogen and oxygen atoms in total. The molecule has 3 aromatic heterocycles. The molecular weight excluding hydrogens is 763 g/mol. The van der Waals surface area contributed by atoms with Gasteiger partial charge in [-0.15, -0.1) is 0 Å². The number of hydrogen-bond donors (Lipinski definition) is 2. The van der Waals surface area contributed by atoms with Crippen LogP contribution in [0.2, 0.25) is 15.7 Å². The number of rotatable bonds is 3. The fourth-order valence-corrected chi connectivity index (χ4v) is 8.46. The van der Waals surface area contributed by atoms with Crippen LogP contribution in [0.25, 0.3) is 11.4 Å². The van der Waals surface area contributed by atoms with E-state index in [2.05, 4.69) is 46.1 Å². The quantitative estimate of drug-likeness (QED) is 0.133. The summed E-state index contributed by atoms with van der Waals surface area (Å²) in [4.78, 5) is 29.8. The smallest absolute Gasteiger partial charge is 0.224 e. The molecule has 0 spiro atoms. The Labute approximate surface area is 337 Å². The Balaban J connectivity index is 0.000000122. The molecule has 10 rings (SSSR count). The van der Waals surface area contributed by atoms with E-state index in [4.69, 9.17) is 59.7 Å². The molecule has 6 atom stereocenters. The second kappa shape index (κ2) is 18.2. The summed E-state index contributed by atoms with van der Waals surface area (Å²) < 4.78 is 17.2. The summed E-state index contributed by atoms with van der Waals surface area (Å²) in [6.45, 7) is 11.6. The summed E-state index contributed by atoms with van der Waals surface area (Å²) in [5.74, 6) is 2.69. The summed E-state index contributed by atoms with van der Waals surface area (Å²) in [6.07, 6.45) is 9.76. The maximum atomic E-state index is 5.91. The van der Waals surface area contributed by atoms with E-state index in [1.807, 2.05) is 44.2 Å². The molecule has 6 aliphatic rings. The number of benzene rings is 1. The predicted octanol–water partition coefficient (Wildman–Crippen LogP) is 6.44. The molecule has 0 radical (unpaired) electrons. The lowest BCUT2D eigenvalue weighted by atomic mass is 10.2. The Bertz CT molecular complexity index is 1800. The molecule has 3 N–H and O–H groups in total. The molecule has 9 heterocycles. The van der Waals surface area contributed by atoms with Crippen molar-refractivity contribution in [1.29, 1.82) is 0 Å². The minimum absolute atomic E-state index is 0.194. The van der Waals surface area contributed by atoms with E-state index in [-0.39, 0.29) is 5.28 Å².